The van der Waals surface area contributed by atoms with Crippen molar-refractivity contribution in [3.8, 4) is 0 Å². The Bertz CT molecular complexity index is 166. The van der Waals surface area contributed by atoms with Crippen LogP contribution < -0.4 is 5.19 Å². The van der Waals surface area contributed by atoms with Crippen molar-refractivity contribution in [2.45, 2.75) is 0 Å². The Balaban J connectivity index is 2.61. The molecule has 0 fully saturated rings. The van der Waals surface area contributed by atoms with E-state index in [4.69, 9.17) is 0 Å². The van der Waals surface area contributed by atoms with Gasteiger partial charge in [0.25, 0.3) is 0 Å². The summed E-state index contributed by atoms with van der Waals surface area (Å²) in [5, 5.41) is 0.986. The molecule has 1 aromatic carbocycles. The summed E-state index contributed by atoms with van der Waals surface area (Å²) in [5.41, 5.74) is 0. The molecule has 0 unspecified atom stereocenters. The molecule has 0 heterocycles. The van der Waals surface area contributed by atoms with Crippen LogP contribution in [-0.4, -0.2) is 9.76 Å². The minimum atomic E-state index is -1.07. The quantitative estimate of drug-likeness (QED) is 0.539. The van der Waals surface area contributed by atoms with Gasteiger partial charge in [-0.2, -0.15) is 0 Å². The monoisotopic (exact) mass is 142 g/mol. The average molecular weight is 142 g/mol. The second-order valence-corrected chi connectivity index (χ2v) is 3.06. The third-order valence-corrected chi connectivity index (χ3v) is 1.98. The summed E-state index contributed by atoms with van der Waals surface area (Å²) < 4.78 is 14.8. The summed E-state index contributed by atoms with van der Waals surface area (Å²) in [7, 11) is -1.07. The fraction of sp³-hybridized carbons (Fsp3) is 0. The Labute approximate surface area is 55.3 Å². The molecular weight excluding hydrogens is 135 g/mol. The Morgan fingerprint density at radius 3 is 2.44 bits per heavy atom. The Hall–Kier alpha value is -0.673. The molecule has 3 heteroatoms. The van der Waals surface area contributed by atoms with Crippen LogP contribution >= 0.6 is 0 Å². The van der Waals surface area contributed by atoms with Crippen molar-refractivity contribution in [3.63, 3.8) is 0 Å². The zero-order chi connectivity index (χ0) is 6.53. The van der Waals surface area contributed by atoms with Crippen molar-refractivity contribution < 1.29 is 9.16 Å². The molecule has 0 saturated carbocycles. The number of benzene rings is 1. The first-order valence-electron chi connectivity index (χ1n) is 2.71. The lowest BCUT2D eigenvalue weighted by Crippen LogP contribution is -2.12. The Morgan fingerprint density at radius 2 is 1.89 bits per heavy atom. The van der Waals surface area contributed by atoms with Gasteiger partial charge in [-0.1, -0.05) is 34.9 Å². The molecule has 0 aromatic heterocycles. The molecule has 9 heavy (non-hydrogen) atoms. The standard InChI is InChI=1S/C6H7FOSi/c7-8-9-6-4-2-1-3-5-6/h1-5H,9H2. The van der Waals surface area contributed by atoms with Crippen LogP contribution in [-0.2, 0) is 4.63 Å². The summed E-state index contributed by atoms with van der Waals surface area (Å²) in [6.07, 6.45) is 0. The summed E-state index contributed by atoms with van der Waals surface area (Å²) >= 11 is 0. The van der Waals surface area contributed by atoms with E-state index in [9.17, 15) is 4.53 Å². The van der Waals surface area contributed by atoms with E-state index in [0.29, 0.717) is 0 Å². The van der Waals surface area contributed by atoms with Gasteiger partial charge in [-0.3, -0.25) is 0 Å². The van der Waals surface area contributed by atoms with E-state index in [1.807, 2.05) is 30.3 Å². The molecule has 1 nitrogen and oxygen atoms in total. The first-order chi connectivity index (χ1) is 4.43. The molecule has 0 N–H and O–H groups in total. The maximum absolute atomic E-state index is 11.2. The van der Waals surface area contributed by atoms with Crippen molar-refractivity contribution in [1.29, 1.82) is 0 Å². The third kappa shape index (κ3) is 1.95. The van der Waals surface area contributed by atoms with E-state index in [1.165, 1.54) is 0 Å². The van der Waals surface area contributed by atoms with E-state index in [2.05, 4.69) is 4.63 Å². The minimum absolute atomic E-state index is 0.986. The van der Waals surface area contributed by atoms with E-state index in [0.717, 1.165) is 5.19 Å². The highest BCUT2D eigenvalue weighted by Gasteiger charge is 1.89. The highest BCUT2D eigenvalue weighted by Crippen LogP contribution is 1.81. The van der Waals surface area contributed by atoms with Crippen LogP contribution in [0.1, 0.15) is 0 Å². The molecule has 0 aliphatic carbocycles. The van der Waals surface area contributed by atoms with Gasteiger partial charge in [0.05, 0.1) is 0 Å². The first-order valence-corrected chi connectivity index (χ1v) is 3.99. The first kappa shape index (κ1) is 6.45. The van der Waals surface area contributed by atoms with Crippen LogP contribution in [0.4, 0.5) is 4.53 Å². The van der Waals surface area contributed by atoms with Gasteiger partial charge in [0.2, 0.25) is 9.76 Å². The number of rotatable bonds is 2. The largest absolute Gasteiger partial charge is 0.248 e. The predicted octanol–water partition coefficient (Wildman–Crippen LogP) is 0.297. The van der Waals surface area contributed by atoms with Gasteiger partial charge in [-0.05, 0) is 5.19 Å². The molecule has 1 aromatic rings. The molecule has 48 valence electrons. The minimum Gasteiger partial charge on any atom is -0.248 e. The van der Waals surface area contributed by atoms with Crippen LogP contribution in [0.2, 0.25) is 0 Å². The molecule has 0 aliphatic rings. The third-order valence-electron chi connectivity index (χ3n) is 1.06. The van der Waals surface area contributed by atoms with Crippen molar-refractivity contribution in [1.82, 2.24) is 0 Å². The van der Waals surface area contributed by atoms with Crippen molar-refractivity contribution >= 4 is 14.9 Å². The summed E-state index contributed by atoms with van der Waals surface area (Å²) in [5.74, 6) is 0. The second kappa shape index (κ2) is 3.37. The molecule has 1 rings (SSSR count). The van der Waals surface area contributed by atoms with E-state index in [1.54, 1.807) is 0 Å². The van der Waals surface area contributed by atoms with Crippen LogP contribution in [0.5, 0.6) is 0 Å². The van der Waals surface area contributed by atoms with Crippen LogP contribution in [0.25, 0.3) is 0 Å². The molecule has 0 saturated heterocycles. The van der Waals surface area contributed by atoms with Gasteiger partial charge in [0.15, 0.2) is 0 Å². The van der Waals surface area contributed by atoms with E-state index in [-0.39, 0.29) is 0 Å². The van der Waals surface area contributed by atoms with Gasteiger partial charge in [-0.25, -0.2) is 4.63 Å². The summed E-state index contributed by atoms with van der Waals surface area (Å²) in [6.45, 7) is 0. The topological polar surface area (TPSA) is 9.23 Å². The smallest absolute Gasteiger partial charge is 0.246 e. The average Bonchev–Trinajstić information content (AvgIpc) is 1.91. The lowest BCUT2D eigenvalue weighted by molar-refractivity contribution is 0.000133. The van der Waals surface area contributed by atoms with Crippen molar-refractivity contribution in [2.24, 2.45) is 0 Å². The van der Waals surface area contributed by atoms with Crippen molar-refractivity contribution in [3.05, 3.63) is 30.3 Å². The van der Waals surface area contributed by atoms with Gasteiger partial charge in [0.1, 0.15) is 0 Å². The normalized spacial score (nSPS) is 10.8. The molecule has 0 aliphatic heterocycles. The maximum Gasteiger partial charge on any atom is 0.246 e. The van der Waals surface area contributed by atoms with Crippen molar-refractivity contribution in [2.75, 3.05) is 0 Å². The number of hydrogen-bond acceptors (Lipinski definition) is 1. The molecular formula is C6H7FOSi. The highest BCUT2D eigenvalue weighted by molar-refractivity contribution is 6.46. The van der Waals surface area contributed by atoms with E-state index >= 15 is 0 Å². The fourth-order valence-corrected chi connectivity index (χ4v) is 1.23. The number of hydrogen-bond donors (Lipinski definition) is 0. The van der Waals surface area contributed by atoms with Gasteiger partial charge >= 0.3 is 0 Å². The van der Waals surface area contributed by atoms with Gasteiger partial charge in [0, 0.05) is 0 Å². The SMILES string of the molecule is FO[SiH2]c1ccccc1. The zero-order valence-electron chi connectivity index (χ0n) is 4.88. The maximum atomic E-state index is 11.2. The van der Waals surface area contributed by atoms with Crippen LogP contribution in [0.15, 0.2) is 30.3 Å². The van der Waals surface area contributed by atoms with Gasteiger partial charge in [-0.15, -0.1) is 0 Å². The summed E-state index contributed by atoms with van der Waals surface area (Å²) in [4.78, 5) is 0. The number of halogens is 1. The lowest BCUT2D eigenvalue weighted by Gasteiger charge is -1.90. The Kier molecular flexibility index (Phi) is 2.42. The molecule has 0 atom stereocenters. The van der Waals surface area contributed by atoms with Crippen LogP contribution in [0.3, 0.4) is 0 Å². The van der Waals surface area contributed by atoms with Gasteiger partial charge < -0.3 is 0 Å². The van der Waals surface area contributed by atoms with E-state index < -0.39 is 9.76 Å². The molecule has 0 bridgehead atoms. The highest BCUT2D eigenvalue weighted by atomic mass is 28.2. The lowest BCUT2D eigenvalue weighted by atomic mass is 10.4. The molecule has 0 radical (unpaired) electrons. The molecule has 0 spiro atoms. The second-order valence-electron chi connectivity index (χ2n) is 1.74. The zero-order valence-corrected chi connectivity index (χ0v) is 6.29. The van der Waals surface area contributed by atoms with Crippen LogP contribution in [0, 0.1) is 0 Å². The predicted molar refractivity (Wildman–Crippen MR) is 36.8 cm³/mol. The summed E-state index contributed by atoms with van der Waals surface area (Å²) in [6, 6.07) is 9.39. The Morgan fingerprint density at radius 1 is 1.22 bits per heavy atom. The fourth-order valence-electron chi connectivity index (χ4n) is 0.637. The molecule has 0 amide bonds.